The second-order valence-electron chi connectivity index (χ2n) is 6.04. The topological polar surface area (TPSA) is 99.7 Å². The minimum absolute atomic E-state index is 0. The van der Waals surface area contributed by atoms with E-state index in [1.807, 2.05) is 24.3 Å². The van der Waals surface area contributed by atoms with Crippen LogP contribution in [0, 0.1) is 5.92 Å². The van der Waals surface area contributed by atoms with Crippen molar-refractivity contribution in [1.29, 1.82) is 0 Å². The zero-order valence-corrected chi connectivity index (χ0v) is 15.3. The molecular formula is C17H26ClN3O4. The average Bonchev–Trinajstić information content (AvgIpc) is 2.97. The highest BCUT2D eigenvalue weighted by molar-refractivity contribution is 5.87. The van der Waals surface area contributed by atoms with Gasteiger partial charge in [0.25, 0.3) is 0 Å². The van der Waals surface area contributed by atoms with Gasteiger partial charge < -0.3 is 25.8 Å². The molecule has 1 aliphatic heterocycles. The monoisotopic (exact) mass is 371 g/mol. The third-order valence-electron chi connectivity index (χ3n) is 4.11. The largest absolute Gasteiger partial charge is 0.497 e. The fourth-order valence-electron chi connectivity index (χ4n) is 2.77. The number of β-amino-alcohol motifs (C(OH)–C–C–N with tert-alkyl or cyclic N) is 1. The molecule has 0 aliphatic carbocycles. The van der Waals surface area contributed by atoms with Gasteiger partial charge in [0.2, 0.25) is 11.8 Å². The van der Waals surface area contributed by atoms with Crippen molar-refractivity contribution in [3.8, 4) is 5.75 Å². The van der Waals surface area contributed by atoms with E-state index < -0.39 is 12.1 Å². The molecule has 0 spiro atoms. The smallest absolute Gasteiger partial charge is 0.242 e. The van der Waals surface area contributed by atoms with Crippen LogP contribution >= 0.6 is 12.4 Å². The summed E-state index contributed by atoms with van der Waals surface area (Å²) >= 11 is 0. The predicted molar refractivity (Wildman–Crippen MR) is 96.9 cm³/mol. The Morgan fingerprint density at radius 3 is 2.76 bits per heavy atom. The van der Waals surface area contributed by atoms with Gasteiger partial charge in [-0.25, -0.2) is 0 Å². The third kappa shape index (κ3) is 6.53. The Kier molecular flexibility index (Phi) is 8.68. The van der Waals surface area contributed by atoms with Crippen LogP contribution < -0.4 is 20.7 Å². The molecule has 8 heteroatoms. The van der Waals surface area contributed by atoms with Crippen molar-refractivity contribution in [3.63, 3.8) is 0 Å². The number of carbonyl (C=O) groups is 2. The van der Waals surface area contributed by atoms with Crippen molar-refractivity contribution in [1.82, 2.24) is 16.0 Å². The molecule has 0 radical (unpaired) electrons. The van der Waals surface area contributed by atoms with Gasteiger partial charge in [0.1, 0.15) is 11.8 Å². The molecule has 25 heavy (non-hydrogen) atoms. The molecule has 3 unspecified atom stereocenters. The summed E-state index contributed by atoms with van der Waals surface area (Å²) in [6.45, 7) is 2.97. The second-order valence-corrected chi connectivity index (χ2v) is 6.04. The first-order valence-electron chi connectivity index (χ1n) is 8.06. The van der Waals surface area contributed by atoms with Crippen LogP contribution in [0.3, 0.4) is 0 Å². The summed E-state index contributed by atoms with van der Waals surface area (Å²) in [4.78, 5) is 23.9. The second kappa shape index (κ2) is 10.2. The maximum atomic E-state index is 12.4. The van der Waals surface area contributed by atoms with Gasteiger partial charge in [-0.15, -0.1) is 12.4 Å². The number of methoxy groups -OCH3 is 1. The number of carbonyl (C=O) groups excluding carboxylic acids is 2. The lowest BCUT2D eigenvalue weighted by Crippen LogP contribution is -2.49. The molecule has 2 rings (SSSR count). The number of hydrogen-bond acceptors (Lipinski definition) is 5. The highest BCUT2D eigenvalue weighted by atomic mass is 35.5. The van der Waals surface area contributed by atoms with Gasteiger partial charge in [-0.2, -0.15) is 0 Å². The van der Waals surface area contributed by atoms with Gasteiger partial charge in [0, 0.05) is 38.9 Å². The van der Waals surface area contributed by atoms with Crippen LogP contribution in [0.15, 0.2) is 24.3 Å². The van der Waals surface area contributed by atoms with Gasteiger partial charge in [0.05, 0.1) is 13.2 Å². The predicted octanol–water partition coefficient (Wildman–Crippen LogP) is -0.139. The number of hydrogen-bond donors (Lipinski definition) is 4. The number of halogens is 1. The first kappa shape index (κ1) is 21.2. The first-order valence-corrected chi connectivity index (χ1v) is 8.06. The summed E-state index contributed by atoms with van der Waals surface area (Å²) in [7, 11) is 1.58. The first-order chi connectivity index (χ1) is 11.5. The van der Waals surface area contributed by atoms with Gasteiger partial charge in [-0.05, 0) is 17.7 Å². The van der Waals surface area contributed by atoms with Crippen LogP contribution in [-0.2, 0) is 16.0 Å². The molecule has 1 aromatic rings. The SMILES string of the molecule is COc1cccc(CC(NC(C)=O)C(=O)NCC2CNCC2O)c1.Cl. The van der Waals surface area contributed by atoms with Gasteiger partial charge in [-0.3, -0.25) is 9.59 Å². The molecule has 4 N–H and O–H groups in total. The zero-order chi connectivity index (χ0) is 17.5. The number of aliphatic hydroxyl groups excluding tert-OH is 1. The Hall–Kier alpha value is -1.83. The maximum Gasteiger partial charge on any atom is 0.242 e. The van der Waals surface area contributed by atoms with Crippen LogP contribution in [0.4, 0.5) is 0 Å². The van der Waals surface area contributed by atoms with Crippen LogP contribution in [-0.4, -0.2) is 55.8 Å². The van der Waals surface area contributed by atoms with Crippen LogP contribution in [0.2, 0.25) is 0 Å². The third-order valence-corrected chi connectivity index (χ3v) is 4.11. The molecule has 1 heterocycles. The zero-order valence-electron chi connectivity index (χ0n) is 14.5. The van der Waals surface area contributed by atoms with E-state index in [2.05, 4.69) is 16.0 Å². The molecule has 0 aromatic heterocycles. The maximum absolute atomic E-state index is 12.4. The molecule has 1 saturated heterocycles. The van der Waals surface area contributed by atoms with Gasteiger partial charge >= 0.3 is 0 Å². The number of aliphatic hydroxyl groups is 1. The van der Waals surface area contributed by atoms with Crippen molar-refractivity contribution >= 4 is 24.2 Å². The van der Waals surface area contributed by atoms with Crippen molar-refractivity contribution in [2.24, 2.45) is 5.92 Å². The fraction of sp³-hybridized carbons (Fsp3) is 0.529. The Labute approximate surface area is 153 Å². The van der Waals surface area contributed by atoms with Crippen LogP contribution in [0.5, 0.6) is 5.75 Å². The van der Waals surface area contributed by atoms with Gasteiger partial charge in [0.15, 0.2) is 0 Å². The fourth-order valence-corrected chi connectivity index (χ4v) is 2.77. The number of amides is 2. The summed E-state index contributed by atoms with van der Waals surface area (Å²) in [5.41, 5.74) is 0.894. The minimum Gasteiger partial charge on any atom is -0.497 e. The van der Waals surface area contributed by atoms with Gasteiger partial charge in [-0.1, -0.05) is 12.1 Å². The van der Waals surface area contributed by atoms with Crippen molar-refractivity contribution < 1.29 is 19.4 Å². The molecule has 140 valence electrons. The molecule has 7 nitrogen and oxygen atoms in total. The van der Waals surface area contributed by atoms with Crippen LogP contribution in [0.1, 0.15) is 12.5 Å². The molecule has 1 aromatic carbocycles. The molecule has 1 fully saturated rings. The van der Waals surface area contributed by atoms with E-state index in [1.165, 1.54) is 6.92 Å². The lowest BCUT2D eigenvalue weighted by Gasteiger charge is -2.20. The Morgan fingerprint density at radius 2 is 2.16 bits per heavy atom. The van der Waals surface area contributed by atoms with E-state index in [0.29, 0.717) is 31.8 Å². The van der Waals surface area contributed by atoms with Crippen molar-refractivity contribution in [2.45, 2.75) is 25.5 Å². The molecule has 2 amide bonds. The van der Waals surface area contributed by atoms with E-state index in [4.69, 9.17) is 4.74 Å². The molecule has 0 saturated carbocycles. The number of ether oxygens (including phenoxy) is 1. The van der Waals surface area contributed by atoms with Crippen molar-refractivity contribution in [2.75, 3.05) is 26.7 Å². The summed E-state index contributed by atoms with van der Waals surface area (Å²) in [5, 5.41) is 18.4. The Balaban J connectivity index is 0.00000312. The average molecular weight is 372 g/mol. The molecule has 0 bridgehead atoms. The molecule has 3 atom stereocenters. The van der Waals surface area contributed by atoms with Crippen molar-refractivity contribution in [3.05, 3.63) is 29.8 Å². The van der Waals surface area contributed by atoms with E-state index >= 15 is 0 Å². The lowest BCUT2D eigenvalue weighted by atomic mass is 10.0. The summed E-state index contributed by atoms with van der Waals surface area (Å²) in [6, 6.07) is 6.73. The standard InChI is InChI=1S/C17H25N3O4.ClH/c1-11(21)20-15(7-12-4-3-5-14(6-12)24-2)17(23)19-9-13-8-18-10-16(13)22;/h3-6,13,15-16,18,22H,7-10H2,1-2H3,(H,19,23)(H,20,21);1H. The number of rotatable bonds is 7. The summed E-state index contributed by atoms with van der Waals surface area (Å²) < 4.78 is 5.18. The van der Waals surface area contributed by atoms with E-state index in [0.717, 1.165) is 5.56 Å². The van der Waals surface area contributed by atoms with Crippen LogP contribution in [0.25, 0.3) is 0 Å². The van der Waals surface area contributed by atoms with E-state index in [-0.39, 0.29) is 30.1 Å². The summed E-state index contributed by atoms with van der Waals surface area (Å²) in [6.07, 6.45) is -0.0865. The highest BCUT2D eigenvalue weighted by Crippen LogP contribution is 2.14. The van der Waals surface area contributed by atoms with E-state index in [1.54, 1.807) is 7.11 Å². The molecule has 1 aliphatic rings. The normalized spacial score (nSPS) is 20.3. The Bertz CT molecular complexity index is 585. The molecular weight excluding hydrogens is 346 g/mol. The van der Waals surface area contributed by atoms with E-state index in [9.17, 15) is 14.7 Å². The number of benzene rings is 1. The summed E-state index contributed by atoms with van der Waals surface area (Å²) in [5.74, 6) is 0.172. The quantitative estimate of drug-likeness (QED) is 0.534. The minimum atomic E-state index is -0.666. The highest BCUT2D eigenvalue weighted by Gasteiger charge is 2.27. The Morgan fingerprint density at radius 1 is 1.40 bits per heavy atom. The number of nitrogens with one attached hydrogen (secondary N) is 3. The lowest BCUT2D eigenvalue weighted by molar-refractivity contribution is -0.128.